The van der Waals surface area contributed by atoms with Gasteiger partial charge in [-0.2, -0.15) is 0 Å². The first-order valence-electron chi connectivity index (χ1n) is 9.35. The average molecular weight is 360 g/mol. The van der Waals surface area contributed by atoms with E-state index in [1.54, 1.807) is 7.11 Å². The van der Waals surface area contributed by atoms with Gasteiger partial charge in [-0.05, 0) is 42.7 Å². The molecule has 0 atom stereocenters. The second kappa shape index (κ2) is 8.64. The van der Waals surface area contributed by atoms with E-state index in [1.807, 2.05) is 24.3 Å². The van der Waals surface area contributed by atoms with E-state index in [-0.39, 0.29) is 24.5 Å². The van der Waals surface area contributed by atoms with Crippen molar-refractivity contribution in [2.24, 2.45) is 5.92 Å². The van der Waals surface area contributed by atoms with Crippen molar-refractivity contribution >= 4 is 11.9 Å². The Balaban J connectivity index is 1.43. The van der Waals surface area contributed by atoms with Gasteiger partial charge in [0.2, 0.25) is 5.91 Å². The van der Waals surface area contributed by atoms with Gasteiger partial charge < -0.3 is 15.2 Å². The SMILES string of the molecule is COCc1cccc(CC(=O)NC2CC(N(CC(=O)O)CC3CC3)C2)c1. The maximum atomic E-state index is 12.3. The third kappa shape index (κ3) is 5.54. The van der Waals surface area contributed by atoms with E-state index >= 15 is 0 Å². The van der Waals surface area contributed by atoms with Crippen LogP contribution < -0.4 is 5.32 Å². The first-order chi connectivity index (χ1) is 12.5. The standard InChI is InChI=1S/C20H28N2O4/c1-26-13-16-4-2-3-15(7-16)8-19(23)21-17-9-18(10-17)22(12-20(24)25)11-14-5-6-14/h2-4,7,14,17-18H,5-6,8-13H2,1H3,(H,21,23)(H,24,25). The molecule has 0 saturated heterocycles. The Bertz CT molecular complexity index is 638. The maximum absolute atomic E-state index is 12.3. The molecule has 0 spiro atoms. The minimum Gasteiger partial charge on any atom is -0.480 e. The van der Waals surface area contributed by atoms with E-state index in [0.717, 1.165) is 30.5 Å². The molecule has 2 aliphatic carbocycles. The van der Waals surface area contributed by atoms with Crippen LogP contribution in [0.1, 0.15) is 36.8 Å². The highest BCUT2D eigenvalue weighted by Gasteiger charge is 2.37. The number of carboxylic acids is 1. The van der Waals surface area contributed by atoms with Crippen LogP contribution in [0.15, 0.2) is 24.3 Å². The summed E-state index contributed by atoms with van der Waals surface area (Å²) in [6.07, 6.45) is 4.47. The predicted molar refractivity (Wildman–Crippen MR) is 97.7 cm³/mol. The fourth-order valence-electron chi connectivity index (χ4n) is 3.61. The van der Waals surface area contributed by atoms with Crippen LogP contribution in [0.5, 0.6) is 0 Å². The summed E-state index contributed by atoms with van der Waals surface area (Å²) in [5.41, 5.74) is 2.04. The molecule has 6 heteroatoms. The summed E-state index contributed by atoms with van der Waals surface area (Å²) in [6, 6.07) is 8.31. The molecule has 26 heavy (non-hydrogen) atoms. The minimum atomic E-state index is -0.769. The number of ether oxygens (including phenoxy) is 1. The fourth-order valence-corrected chi connectivity index (χ4v) is 3.61. The van der Waals surface area contributed by atoms with Gasteiger partial charge in [0.15, 0.2) is 0 Å². The van der Waals surface area contributed by atoms with Crippen LogP contribution in [-0.4, -0.2) is 54.2 Å². The van der Waals surface area contributed by atoms with Crippen molar-refractivity contribution in [3.8, 4) is 0 Å². The van der Waals surface area contributed by atoms with Gasteiger partial charge in [0.1, 0.15) is 0 Å². The van der Waals surface area contributed by atoms with Crippen LogP contribution in [-0.2, 0) is 27.4 Å². The summed E-state index contributed by atoms with van der Waals surface area (Å²) >= 11 is 0. The number of hydrogen-bond donors (Lipinski definition) is 2. The van der Waals surface area contributed by atoms with Gasteiger partial charge in [-0.3, -0.25) is 14.5 Å². The van der Waals surface area contributed by atoms with Crippen LogP contribution >= 0.6 is 0 Å². The Hall–Kier alpha value is -1.92. The van der Waals surface area contributed by atoms with Crippen molar-refractivity contribution in [3.63, 3.8) is 0 Å². The molecule has 1 aromatic rings. The smallest absolute Gasteiger partial charge is 0.317 e. The monoisotopic (exact) mass is 360 g/mol. The van der Waals surface area contributed by atoms with Gasteiger partial charge in [-0.1, -0.05) is 24.3 Å². The zero-order valence-electron chi connectivity index (χ0n) is 15.3. The normalized spacial score (nSPS) is 22.1. The first-order valence-corrected chi connectivity index (χ1v) is 9.35. The molecule has 0 aliphatic heterocycles. The van der Waals surface area contributed by atoms with Gasteiger partial charge in [0, 0.05) is 25.7 Å². The number of carbonyl (C=O) groups is 2. The van der Waals surface area contributed by atoms with Crippen molar-refractivity contribution in [1.29, 1.82) is 0 Å². The number of carboxylic acid groups (broad SMARTS) is 1. The third-order valence-corrected chi connectivity index (χ3v) is 5.19. The topological polar surface area (TPSA) is 78.9 Å². The molecule has 2 saturated carbocycles. The van der Waals surface area contributed by atoms with Crippen LogP contribution in [0, 0.1) is 5.92 Å². The first kappa shape index (κ1) is 18.9. The van der Waals surface area contributed by atoms with Crippen molar-refractivity contribution < 1.29 is 19.4 Å². The highest BCUT2D eigenvalue weighted by atomic mass is 16.5. The molecular formula is C20H28N2O4. The van der Waals surface area contributed by atoms with Gasteiger partial charge >= 0.3 is 5.97 Å². The number of nitrogens with one attached hydrogen (secondary N) is 1. The molecule has 0 bridgehead atoms. The molecule has 0 heterocycles. The zero-order chi connectivity index (χ0) is 18.5. The van der Waals surface area contributed by atoms with Crippen molar-refractivity contribution in [3.05, 3.63) is 35.4 Å². The lowest BCUT2D eigenvalue weighted by Gasteiger charge is -2.42. The summed E-state index contributed by atoms with van der Waals surface area (Å²) in [6.45, 7) is 1.53. The Morgan fingerprint density at radius 2 is 2.00 bits per heavy atom. The van der Waals surface area contributed by atoms with E-state index in [4.69, 9.17) is 9.84 Å². The molecule has 3 rings (SSSR count). The quantitative estimate of drug-likeness (QED) is 0.665. The maximum Gasteiger partial charge on any atom is 0.317 e. The minimum absolute atomic E-state index is 0.0231. The van der Waals surface area contributed by atoms with E-state index < -0.39 is 5.97 Å². The molecule has 2 fully saturated rings. The number of benzene rings is 1. The summed E-state index contributed by atoms with van der Waals surface area (Å²) in [5, 5.41) is 12.2. The molecule has 6 nitrogen and oxygen atoms in total. The van der Waals surface area contributed by atoms with Gasteiger partial charge in [-0.25, -0.2) is 0 Å². The van der Waals surface area contributed by atoms with Gasteiger partial charge in [-0.15, -0.1) is 0 Å². The molecule has 0 aromatic heterocycles. The predicted octanol–water partition coefficient (Wildman–Crippen LogP) is 1.82. The van der Waals surface area contributed by atoms with Gasteiger partial charge in [0.05, 0.1) is 19.6 Å². The van der Waals surface area contributed by atoms with Crippen molar-refractivity contribution in [2.45, 2.75) is 50.8 Å². The second-order valence-electron chi connectivity index (χ2n) is 7.59. The summed E-state index contributed by atoms with van der Waals surface area (Å²) in [4.78, 5) is 25.4. The van der Waals surface area contributed by atoms with Crippen molar-refractivity contribution in [1.82, 2.24) is 10.2 Å². The van der Waals surface area contributed by atoms with Crippen LogP contribution in [0.25, 0.3) is 0 Å². The molecule has 2 aliphatic rings. The van der Waals surface area contributed by atoms with E-state index in [9.17, 15) is 9.59 Å². The number of amides is 1. The number of carbonyl (C=O) groups excluding carboxylic acids is 1. The Morgan fingerprint density at radius 1 is 1.27 bits per heavy atom. The average Bonchev–Trinajstić information content (AvgIpc) is 3.34. The fraction of sp³-hybridized carbons (Fsp3) is 0.600. The van der Waals surface area contributed by atoms with Crippen LogP contribution in [0.4, 0.5) is 0 Å². The summed E-state index contributed by atoms with van der Waals surface area (Å²) in [7, 11) is 1.66. The zero-order valence-corrected chi connectivity index (χ0v) is 15.3. The number of methoxy groups -OCH3 is 1. The Labute approximate surface area is 154 Å². The Morgan fingerprint density at radius 3 is 2.65 bits per heavy atom. The number of rotatable bonds is 10. The molecule has 142 valence electrons. The molecule has 0 unspecified atom stereocenters. The Kier molecular flexibility index (Phi) is 6.27. The molecular weight excluding hydrogens is 332 g/mol. The van der Waals surface area contributed by atoms with Crippen LogP contribution in [0.2, 0.25) is 0 Å². The molecule has 2 N–H and O–H groups in total. The van der Waals surface area contributed by atoms with E-state index in [1.165, 1.54) is 12.8 Å². The largest absolute Gasteiger partial charge is 0.480 e. The molecule has 1 aromatic carbocycles. The molecule has 0 radical (unpaired) electrons. The van der Waals surface area contributed by atoms with E-state index in [0.29, 0.717) is 18.9 Å². The highest BCUT2D eigenvalue weighted by Crippen LogP contribution is 2.33. The van der Waals surface area contributed by atoms with Crippen molar-refractivity contribution in [2.75, 3.05) is 20.2 Å². The number of hydrogen-bond acceptors (Lipinski definition) is 4. The highest BCUT2D eigenvalue weighted by molar-refractivity contribution is 5.79. The number of nitrogens with zero attached hydrogens (tertiary/aromatic N) is 1. The third-order valence-electron chi connectivity index (χ3n) is 5.19. The second-order valence-corrected chi connectivity index (χ2v) is 7.59. The molecule has 1 amide bonds. The summed E-state index contributed by atoms with van der Waals surface area (Å²) < 4.78 is 5.13. The summed E-state index contributed by atoms with van der Waals surface area (Å²) in [5.74, 6) is -0.0774. The van der Waals surface area contributed by atoms with E-state index in [2.05, 4.69) is 10.2 Å². The lowest BCUT2D eigenvalue weighted by molar-refractivity contribution is -0.140. The van der Waals surface area contributed by atoms with Crippen LogP contribution in [0.3, 0.4) is 0 Å². The van der Waals surface area contributed by atoms with Gasteiger partial charge in [0.25, 0.3) is 0 Å². The lowest BCUT2D eigenvalue weighted by atomic mass is 9.85. The number of aliphatic carboxylic acids is 1. The lowest BCUT2D eigenvalue weighted by Crippen LogP contribution is -2.55.